The van der Waals surface area contributed by atoms with E-state index >= 15 is 0 Å². The summed E-state index contributed by atoms with van der Waals surface area (Å²) in [5.41, 5.74) is -3.03. The van der Waals surface area contributed by atoms with Gasteiger partial charge in [0.1, 0.15) is 23.1 Å². The summed E-state index contributed by atoms with van der Waals surface area (Å²) in [6, 6.07) is 6.66. The molecule has 0 aromatic heterocycles. The van der Waals surface area contributed by atoms with Crippen molar-refractivity contribution in [1.82, 2.24) is 4.90 Å². The van der Waals surface area contributed by atoms with Gasteiger partial charge >= 0.3 is 11.9 Å². The third-order valence-electron chi connectivity index (χ3n) is 13.3. The molecule has 46 heavy (non-hydrogen) atoms. The zero-order valence-electron chi connectivity index (χ0n) is 28.0. The first-order valence-corrected chi connectivity index (χ1v) is 16.6. The van der Waals surface area contributed by atoms with Gasteiger partial charge in [0, 0.05) is 83.0 Å². The highest BCUT2D eigenvalue weighted by molar-refractivity contribution is 5.89. The van der Waals surface area contributed by atoms with E-state index in [0.717, 1.165) is 25.9 Å². The predicted molar refractivity (Wildman–Crippen MR) is 164 cm³/mol. The van der Waals surface area contributed by atoms with Gasteiger partial charge in [-0.3, -0.25) is 9.69 Å². The number of nitrogens with zero attached hydrogens (tertiary/aromatic N) is 1. The molecular weight excluding hydrogens is 594 g/mol. The summed E-state index contributed by atoms with van der Waals surface area (Å²) in [6.45, 7) is 5.80. The second-order valence-electron chi connectivity index (χ2n) is 14.6. The van der Waals surface area contributed by atoms with Crippen LogP contribution in [0, 0.1) is 34.5 Å². The molecule has 11 heteroatoms. The number of carbonyl (C=O) groups is 2. The van der Waals surface area contributed by atoms with Gasteiger partial charge in [0.05, 0.1) is 37.6 Å². The molecule has 7 rings (SSSR count). The van der Waals surface area contributed by atoms with Crippen molar-refractivity contribution in [2.75, 3.05) is 55.2 Å². The monoisotopic (exact) mass is 643 g/mol. The van der Waals surface area contributed by atoms with Crippen LogP contribution in [0.3, 0.4) is 0 Å². The zero-order valence-corrected chi connectivity index (χ0v) is 28.0. The van der Waals surface area contributed by atoms with Crippen LogP contribution in [0.2, 0.25) is 0 Å². The quantitative estimate of drug-likeness (QED) is 0.379. The average molecular weight is 644 g/mol. The molecular formula is C35H49NO10. The molecule has 5 saturated carbocycles. The van der Waals surface area contributed by atoms with Crippen molar-refractivity contribution < 1.29 is 47.9 Å². The Morgan fingerprint density at radius 3 is 2.28 bits per heavy atom. The molecule has 6 fully saturated rings. The number of methoxy groups -OCH3 is 5. The fraction of sp³-hybridized carbons (Fsp3) is 0.771. The minimum atomic E-state index is -1.51. The second-order valence-corrected chi connectivity index (χ2v) is 14.6. The van der Waals surface area contributed by atoms with Gasteiger partial charge in [0.15, 0.2) is 0 Å². The number of likely N-dealkylation sites (tertiary alicyclic amines) is 1. The topological polar surface area (TPSA) is 122 Å². The maximum absolute atomic E-state index is 13.9. The number of carbonyl (C=O) groups excluding carboxylic acids is 2. The van der Waals surface area contributed by atoms with E-state index in [1.165, 1.54) is 6.92 Å². The Bertz CT molecular complexity index is 1360. The molecule has 1 N–H and O–H groups in total. The second kappa shape index (κ2) is 11.1. The molecule has 1 spiro atoms. The van der Waals surface area contributed by atoms with Gasteiger partial charge in [-0.1, -0.05) is 6.92 Å². The zero-order chi connectivity index (χ0) is 32.8. The van der Waals surface area contributed by atoms with Crippen LogP contribution >= 0.6 is 0 Å². The van der Waals surface area contributed by atoms with Crippen molar-refractivity contribution in [2.45, 2.75) is 81.2 Å². The lowest BCUT2D eigenvalue weighted by Gasteiger charge is -2.69. The Hall–Kier alpha value is -2.28. The van der Waals surface area contributed by atoms with Gasteiger partial charge in [0.2, 0.25) is 0 Å². The van der Waals surface area contributed by atoms with Gasteiger partial charge in [-0.05, 0) is 56.0 Å². The van der Waals surface area contributed by atoms with Crippen LogP contribution in [0.25, 0.3) is 0 Å². The van der Waals surface area contributed by atoms with E-state index in [-0.39, 0.29) is 47.8 Å². The molecule has 11 nitrogen and oxygen atoms in total. The molecule has 1 aliphatic heterocycles. The molecule has 7 bridgehead atoms. The van der Waals surface area contributed by atoms with Crippen molar-refractivity contribution in [3.63, 3.8) is 0 Å². The highest BCUT2D eigenvalue weighted by Gasteiger charge is 2.89. The van der Waals surface area contributed by atoms with Crippen LogP contribution in [0.15, 0.2) is 24.3 Å². The first kappa shape index (κ1) is 32.3. The first-order valence-electron chi connectivity index (χ1n) is 16.6. The minimum Gasteiger partial charge on any atom is -0.497 e. The lowest BCUT2D eigenvalue weighted by molar-refractivity contribution is -0.287. The fourth-order valence-corrected chi connectivity index (χ4v) is 12.4. The number of ether oxygens (including phenoxy) is 7. The molecule has 1 heterocycles. The Kier molecular flexibility index (Phi) is 7.81. The number of piperidine rings is 1. The van der Waals surface area contributed by atoms with Crippen LogP contribution in [0.5, 0.6) is 5.75 Å². The van der Waals surface area contributed by atoms with Gasteiger partial charge in [-0.2, -0.15) is 0 Å². The van der Waals surface area contributed by atoms with Crippen molar-refractivity contribution >= 4 is 11.9 Å². The third-order valence-corrected chi connectivity index (χ3v) is 13.3. The lowest BCUT2D eigenvalue weighted by atomic mass is 9.43. The summed E-state index contributed by atoms with van der Waals surface area (Å²) < 4.78 is 43.6. The molecule has 254 valence electrons. The number of esters is 2. The summed E-state index contributed by atoms with van der Waals surface area (Å²) in [5, 5.41) is 12.8. The molecule has 13 atom stereocenters. The Balaban J connectivity index is 1.46. The lowest BCUT2D eigenvalue weighted by Crippen LogP contribution is -2.77. The number of aliphatic hydroxyl groups is 1. The van der Waals surface area contributed by atoms with E-state index in [1.54, 1.807) is 59.8 Å². The van der Waals surface area contributed by atoms with E-state index in [2.05, 4.69) is 11.8 Å². The van der Waals surface area contributed by atoms with Crippen LogP contribution < -0.4 is 4.74 Å². The summed E-state index contributed by atoms with van der Waals surface area (Å²) in [4.78, 5) is 29.7. The fourth-order valence-electron chi connectivity index (χ4n) is 12.4. The third kappa shape index (κ3) is 3.87. The first-order chi connectivity index (χ1) is 22.1. The van der Waals surface area contributed by atoms with Crippen molar-refractivity contribution in [3.8, 4) is 5.75 Å². The largest absolute Gasteiger partial charge is 0.497 e. The predicted octanol–water partition coefficient (Wildman–Crippen LogP) is 2.72. The summed E-state index contributed by atoms with van der Waals surface area (Å²) in [6.07, 6.45) is 0.142. The highest BCUT2D eigenvalue weighted by Crippen LogP contribution is 2.80. The van der Waals surface area contributed by atoms with Gasteiger partial charge in [0.25, 0.3) is 0 Å². The Morgan fingerprint density at radius 2 is 1.70 bits per heavy atom. The minimum absolute atomic E-state index is 0.00534. The molecule has 5 aliphatic carbocycles. The Morgan fingerprint density at radius 1 is 0.978 bits per heavy atom. The molecule has 0 amide bonds. The summed E-state index contributed by atoms with van der Waals surface area (Å²) in [5.74, 6) is -1.38. The number of hydrogen-bond acceptors (Lipinski definition) is 11. The highest BCUT2D eigenvalue weighted by atomic mass is 16.6. The van der Waals surface area contributed by atoms with E-state index in [1.807, 2.05) is 0 Å². The molecule has 6 unspecified atom stereocenters. The maximum atomic E-state index is 13.9. The standard InChI is InChI=1S/C35H49NO10/c1-8-36-17-32(18-40-3)14-13-23(42-5)35-22-15-33(39)24(43-6)16-34(46-19(2)37,26(29(35)36)27(44-7)28(32)35)25(22)30(33)45-31(38)20-9-11-21(41-4)12-10-20/h9-12,22-30,39H,8,13-18H2,1-7H3/t22-,23?,24+,25-,26?,27?,28-,29?,30?,32+,33+,34-,35?/m1/s1. The summed E-state index contributed by atoms with van der Waals surface area (Å²) in [7, 11) is 8.44. The van der Waals surface area contributed by atoms with E-state index < -0.39 is 46.7 Å². The molecule has 1 aromatic rings. The van der Waals surface area contributed by atoms with Crippen LogP contribution in [0.4, 0.5) is 0 Å². The number of hydrogen-bond donors (Lipinski definition) is 1. The van der Waals surface area contributed by atoms with Crippen molar-refractivity contribution in [2.24, 2.45) is 34.5 Å². The number of fused-ring (bicyclic) bond motifs is 2. The number of rotatable bonds is 10. The smallest absolute Gasteiger partial charge is 0.338 e. The van der Waals surface area contributed by atoms with E-state index in [9.17, 15) is 14.7 Å². The van der Waals surface area contributed by atoms with E-state index in [4.69, 9.17) is 33.2 Å². The summed E-state index contributed by atoms with van der Waals surface area (Å²) >= 11 is 0. The van der Waals surface area contributed by atoms with Crippen molar-refractivity contribution in [3.05, 3.63) is 29.8 Å². The van der Waals surface area contributed by atoms with Crippen LogP contribution in [-0.2, 0) is 33.2 Å². The molecule has 1 saturated heterocycles. The molecule has 0 radical (unpaired) electrons. The van der Waals surface area contributed by atoms with Crippen LogP contribution in [0.1, 0.15) is 49.9 Å². The normalized spacial score (nSPS) is 46.6. The van der Waals surface area contributed by atoms with Gasteiger partial charge in [-0.15, -0.1) is 0 Å². The maximum Gasteiger partial charge on any atom is 0.338 e. The van der Waals surface area contributed by atoms with Crippen molar-refractivity contribution in [1.29, 1.82) is 0 Å². The van der Waals surface area contributed by atoms with E-state index in [0.29, 0.717) is 24.3 Å². The van der Waals surface area contributed by atoms with Crippen LogP contribution in [-0.4, -0.2) is 119 Å². The molecule has 6 aliphatic rings. The number of benzene rings is 1. The molecule has 1 aromatic carbocycles. The SMILES string of the molecule is CCN1C[C@]2(COC)CCC(OC)C34C1C(C(OC)[C@@H]32)[C@@]1(OC(C)=O)C[C@H](OC)[C@@]2(O)C[C@@H]4[C@@H]1C2OC(=O)c1ccc(OC)cc1. The van der Waals surface area contributed by atoms with Gasteiger partial charge < -0.3 is 38.3 Å². The van der Waals surface area contributed by atoms with Gasteiger partial charge in [-0.25, -0.2) is 4.79 Å². The Labute approximate surface area is 271 Å². The average Bonchev–Trinajstić information content (AvgIpc) is 3.42.